The zero-order chi connectivity index (χ0) is 11.4. The summed E-state index contributed by atoms with van der Waals surface area (Å²) in [4.78, 5) is 4.64. The molecule has 0 radical (unpaired) electrons. The molecule has 0 bridgehead atoms. The Hall–Kier alpha value is -0.890. The Bertz CT molecular complexity index is 331. The Morgan fingerprint density at radius 2 is 2.25 bits per heavy atom. The van der Waals surface area contributed by atoms with Crippen LogP contribution in [0.3, 0.4) is 0 Å². The van der Waals surface area contributed by atoms with Gasteiger partial charge in [-0.3, -0.25) is 4.98 Å². The van der Waals surface area contributed by atoms with E-state index in [-0.39, 0.29) is 0 Å². The molecule has 1 fully saturated rings. The number of hydrogen-bond donors (Lipinski definition) is 1. The molecule has 2 nitrogen and oxygen atoms in total. The van der Waals surface area contributed by atoms with E-state index in [9.17, 15) is 0 Å². The largest absolute Gasteiger partial charge is 0.309 e. The molecule has 0 aliphatic heterocycles. The number of pyridine rings is 1. The van der Waals surface area contributed by atoms with Crippen LogP contribution >= 0.6 is 0 Å². The third-order valence-corrected chi connectivity index (χ3v) is 3.51. The number of aryl methyl sites for hydroxylation is 1. The van der Waals surface area contributed by atoms with Crippen molar-refractivity contribution in [3.63, 3.8) is 0 Å². The number of nitrogens with zero attached hydrogens (tertiary/aromatic N) is 1. The second-order valence-electron chi connectivity index (χ2n) is 4.85. The van der Waals surface area contributed by atoms with Gasteiger partial charge in [-0.15, -0.1) is 0 Å². The number of hydrogen-bond acceptors (Lipinski definition) is 2. The minimum Gasteiger partial charge on any atom is -0.309 e. The molecule has 1 saturated carbocycles. The Labute approximate surface area is 98.5 Å². The third-order valence-electron chi connectivity index (χ3n) is 3.51. The van der Waals surface area contributed by atoms with Gasteiger partial charge in [0.05, 0.1) is 5.69 Å². The van der Waals surface area contributed by atoms with Crippen molar-refractivity contribution in [3.05, 3.63) is 29.6 Å². The van der Waals surface area contributed by atoms with E-state index in [0.29, 0.717) is 6.04 Å². The molecule has 1 aromatic rings. The van der Waals surface area contributed by atoms with Gasteiger partial charge in [0.25, 0.3) is 0 Å². The van der Waals surface area contributed by atoms with E-state index in [4.69, 9.17) is 0 Å². The Balaban J connectivity index is 2.04. The van der Waals surface area contributed by atoms with Crippen LogP contribution in [0.25, 0.3) is 0 Å². The predicted octanol–water partition coefficient (Wildman–Crippen LogP) is 3.23. The summed E-state index contributed by atoms with van der Waals surface area (Å²) in [7, 11) is 0. The molecule has 1 aromatic heterocycles. The van der Waals surface area contributed by atoms with Crippen LogP contribution in [0.4, 0.5) is 0 Å². The number of rotatable bonds is 5. The van der Waals surface area contributed by atoms with E-state index in [0.717, 1.165) is 18.2 Å². The molecule has 2 rings (SSSR count). The second kappa shape index (κ2) is 5.44. The Morgan fingerprint density at radius 1 is 1.44 bits per heavy atom. The monoisotopic (exact) mass is 218 g/mol. The molecular weight excluding hydrogens is 196 g/mol. The second-order valence-corrected chi connectivity index (χ2v) is 4.85. The van der Waals surface area contributed by atoms with E-state index in [1.807, 2.05) is 0 Å². The van der Waals surface area contributed by atoms with Gasteiger partial charge >= 0.3 is 0 Å². The maximum Gasteiger partial charge on any atom is 0.0576 e. The lowest BCUT2D eigenvalue weighted by atomic mass is 9.80. The average Bonchev–Trinajstić information content (AvgIpc) is 2.21. The van der Waals surface area contributed by atoms with Crippen LogP contribution in [0.1, 0.15) is 50.0 Å². The summed E-state index contributed by atoms with van der Waals surface area (Å²) in [5.74, 6) is 0.923. The first-order valence-corrected chi connectivity index (χ1v) is 6.46. The van der Waals surface area contributed by atoms with Crippen LogP contribution in [-0.2, 0) is 0 Å². The number of aromatic nitrogens is 1. The molecule has 0 saturated heterocycles. The lowest BCUT2D eigenvalue weighted by Gasteiger charge is -2.30. The first kappa shape index (κ1) is 11.6. The quantitative estimate of drug-likeness (QED) is 0.820. The Kier molecular flexibility index (Phi) is 3.94. The van der Waals surface area contributed by atoms with Crippen molar-refractivity contribution in [3.8, 4) is 0 Å². The molecule has 2 heteroatoms. The van der Waals surface area contributed by atoms with Crippen LogP contribution < -0.4 is 5.32 Å². The molecule has 0 aromatic carbocycles. The normalized spacial score (nSPS) is 18.1. The molecule has 1 N–H and O–H groups in total. The van der Waals surface area contributed by atoms with Gasteiger partial charge in [0.1, 0.15) is 0 Å². The Morgan fingerprint density at radius 3 is 2.81 bits per heavy atom. The van der Waals surface area contributed by atoms with Gasteiger partial charge in [-0.05, 0) is 37.9 Å². The van der Waals surface area contributed by atoms with Gasteiger partial charge in [-0.25, -0.2) is 0 Å². The highest BCUT2D eigenvalue weighted by Crippen LogP contribution is 2.34. The molecule has 0 amide bonds. The maximum atomic E-state index is 4.64. The minimum absolute atomic E-state index is 0.454. The van der Waals surface area contributed by atoms with E-state index < -0.39 is 0 Å². The molecule has 1 unspecified atom stereocenters. The molecule has 1 atom stereocenters. The molecule has 0 spiro atoms. The van der Waals surface area contributed by atoms with Gasteiger partial charge in [0, 0.05) is 11.7 Å². The topological polar surface area (TPSA) is 24.9 Å². The lowest BCUT2D eigenvalue weighted by molar-refractivity contribution is 0.260. The van der Waals surface area contributed by atoms with Crippen molar-refractivity contribution in [2.24, 2.45) is 5.92 Å². The summed E-state index contributed by atoms with van der Waals surface area (Å²) in [5.41, 5.74) is 2.34. The smallest absolute Gasteiger partial charge is 0.0576 e. The van der Waals surface area contributed by atoms with Gasteiger partial charge in [0.2, 0.25) is 0 Å². The highest BCUT2D eigenvalue weighted by molar-refractivity contribution is 5.13. The zero-order valence-electron chi connectivity index (χ0n) is 10.4. The van der Waals surface area contributed by atoms with Crippen LogP contribution in [0, 0.1) is 12.8 Å². The molecule has 1 aliphatic carbocycles. The highest BCUT2D eigenvalue weighted by Gasteiger charge is 2.23. The summed E-state index contributed by atoms with van der Waals surface area (Å²) in [5, 5.41) is 3.56. The zero-order valence-corrected chi connectivity index (χ0v) is 10.4. The van der Waals surface area contributed by atoms with Gasteiger partial charge < -0.3 is 5.32 Å². The first-order valence-electron chi connectivity index (χ1n) is 6.46. The van der Waals surface area contributed by atoms with Crippen LogP contribution in [0.5, 0.6) is 0 Å². The number of nitrogens with one attached hydrogen (secondary N) is 1. The fourth-order valence-corrected chi connectivity index (χ4v) is 2.38. The highest BCUT2D eigenvalue weighted by atomic mass is 14.9. The van der Waals surface area contributed by atoms with Gasteiger partial charge in [-0.1, -0.05) is 32.3 Å². The van der Waals surface area contributed by atoms with E-state index in [1.54, 1.807) is 0 Å². The first-order chi connectivity index (χ1) is 7.79. The predicted molar refractivity (Wildman–Crippen MR) is 67.3 cm³/mol. The summed E-state index contributed by atoms with van der Waals surface area (Å²) >= 11 is 0. The lowest BCUT2D eigenvalue weighted by Crippen LogP contribution is -2.26. The average molecular weight is 218 g/mol. The van der Waals surface area contributed by atoms with Gasteiger partial charge in [-0.2, -0.15) is 0 Å². The molecule has 1 heterocycles. The maximum absolute atomic E-state index is 4.64. The van der Waals surface area contributed by atoms with Crippen LogP contribution in [-0.4, -0.2) is 11.5 Å². The van der Waals surface area contributed by atoms with Crippen molar-refractivity contribution >= 4 is 0 Å². The third kappa shape index (κ3) is 2.82. The minimum atomic E-state index is 0.454. The van der Waals surface area contributed by atoms with Crippen LogP contribution in [0.2, 0.25) is 0 Å². The molecule has 16 heavy (non-hydrogen) atoms. The van der Waals surface area contributed by atoms with Crippen molar-refractivity contribution < 1.29 is 0 Å². The van der Waals surface area contributed by atoms with Crippen molar-refractivity contribution in [2.75, 3.05) is 6.54 Å². The molecule has 1 aliphatic rings. The fraction of sp³-hybridized carbons (Fsp3) is 0.643. The van der Waals surface area contributed by atoms with Crippen LogP contribution in [0.15, 0.2) is 18.2 Å². The fourth-order valence-electron chi connectivity index (χ4n) is 2.38. The summed E-state index contributed by atoms with van der Waals surface area (Å²) < 4.78 is 0. The van der Waals surface area contributed by atoms with E-state index in [2.05, 4.69) is 42.3 Å². The summed E-state index contributed by atoms with van der Waals surface area (Å²) in [6.07, 6.45) is 5.50. The summed E-state index contributed by atoms with van der Waals surface area (Å²) in [6, 6.07) is 6.78. The van der Waals surface area contributed by atoms with E-state index in [1.165, 1.54) is 31.4 Å². The van der Waals surface area contributed by atoms with Crippen molar-refractivity contribution in [2.45, 2.75) is 45.6 Å². The van der Waals surface area contributed by atoms with Crippen molar-refractivity contribution in [1.29, 1.82) is 0 Å². The van der Waals surface area contributed by atoms with Crippen molar-refractivity contribution in [1.82, 2.24) is 10.3 Å². The van der Waals surface area contributed by atoms with E-state index >= 15 is 0 Å². The van der Waals surface area contributed by atoms with Gasteiger partial charge in [0.15, 0.2) is 0 Å². The summed E-state index contributed by atoms with van der Waals surface area (Å²) in [6.45, 7) is 5.26. The standard InChI is InChI=1S/C14H22N2/c1-3-15-14(10-12-7-5-8-12)13-9-4-6-11(2)16-13/h4,6,9,12,14-15H,3,5,7-8,10H2,1-2H3. The molecule has 88 valence electrons. The molecular formula is C14H22N2. The SMILES string of the molecule is CCNC(CC1CCC1)c1cccc(C)n1.